The third-order valence-electron chi connectivity index (χ3n) is 3.51. The van der Waals surface area contributed by atoms with Crippen LogP contribution in [0.1, 0.15) is 37.8 Å². The summed E-state index contributed by atoms with van der Waals surface area (Å²) in [7, 11) is 0. The summed E-state index contributed by atoms with van der Waals surface area (Å²) in [5.74, 6) is 0. The van der Waals surface area contributed by atoms with Gasteiger partial charge in [-0.1, -0.05) is 19.3 Å². The van der Waals surface area contributed by atoms with Crippen LogP contribution >= 0.6 is 11.3 Å². The lowest BCUT2D eigenvalue weighted by Gasteiger charge is -2.32. The smallest absolute Gasteiger partial charge is 0.314 e. The Kier molecular flexibility index (Phi) is 5.15. The molecular formula is C13H21N3O2S. The number of aliphatic hydroxyl groups is 1. The molecule has 19 heavy (non-hydrogen) atoms. The second-order valence-electron chi connectivity index (χ2n) is 5.12. The molecule has 0 saturated heterocycles. The third-order valence-corrected chi connectivity index (χ3v) is 4.15. The summed E-state index contributed by atoms with van der Waals surface area (Å²) >= 11 is 1.55. The molecule has 2 amide bonds. The summed E-state index contributed by atoms with van der Waals surface area (Å²) in [6.45, 7) is 0.906. The van der Waals surface area contributed by atoms with E-state index in [1.165, 1.54) is 6.42 Å². The van der Waals surface area contributed by atoms with Crippen LogP contribution in [0.4, 0.5) is 4.79 Å². The first-order valence-corrected chi connectivity index (χ1v) is 7.73. The van der Waals surface area contributed by atoms with Crippen LogP contribution < -0.4 is 10.6 Å². The molecule has 6 heteroatoms. The van der Waals surface area contributed by atoms with Gasteiger partial charge in [0.05, 0.1) is 16.8 Å². The number of hydrogen-bond acceptors (Lipinski definition) is 4. The number of carbonyl (C=O) groups is 1. The van der Waals surface area contributed by atoms with Crippen LogP contribution in [0.5, 0.6) is 0 Å². The fourth-order valence-electron chi connectivity index (χ4n) is 2.36. The molecular weight excluding hydrogens is 262 g/mol. The summed E-state index contributed by atoms with van der Waals surface area (Å²) in [6, 6.07) is -0.214. The van der Waals surface area contributed by atoms with Gasteiger partial charge in [-0.05, 0) is 12.8 Å². The van der Waals surface area contributed by atoms with Gasteiger partial charge in [-0.15, -0.1) is 11.3 Å². The molecule has 0 radical (unpaired) electrons. The van der Waals surface area contributed by atoms with Gasteiger partial charge in [0.25, 0.3) is 0 Å². The lowest BCUT2D eigenvalue weighted by atomic mass is 9.85. The number of rotatable bonds is 5. The SMILES string of the molecule is O=C(NCCc1cscn1)NCC1(O)CCCCC1. The minimum absolute atomic E-state index is 0.214. The van der Waals surface area contributed by atoms with Gasteiger partial charge in [0, 0.05) is 24.9 Å². The van der Waals surface area contributed by atoms with E-state index in [-0.39, 0.29) is 6.03 Å². The molecule has 1 aromatic rings. The maximum atomic E-state index is 11.6. The Morgan fingerprint density at radius 1 is 1.37 bits per heavy atom. The van der Waals surface area contributed by atoms with Crippen LogP contribution in [0.3, 0.4) is 0 Å². The number of aromatic nitrogens is 1. The van der Waals surface area contributed by atoms with E-state index in [1.807, 2.05) is 5.38 Å². The van der Waals surface area contributed by atoms with Crippen molar-refractivity contribution in [2.75, 3.05) is 13.1 Å². The van der Waals surface area contributed by atoms with Gasteiger partial charge in [-0.2, -0.15) is 0 Å². The number of carbonyl (C=O) groups excluding carboxylic acids is 1. The molecule has 0 bridgehead atoms. The highest BCUT2D eigenvalue weighted by molar-refractivity contribution is 7.07. The highest BCUT2D eigenvalue weighted by Gasteiger charge is 2.29. The predicted octanol–water partition coefficient (Wildman–Crippen LogP) is 1.68. The van der Waals surface area contributed by atoms with Gasteiger partial charge in [0.15, 0.2) is 0 Å². The van der Waals surface area contributed by atoms with Crippen molar-refractivity contribution in [1.29, 1.82) is 0 Å². The van der Waals surface area contributed by atoms with Crippen LogP contribution in [0.25, 0.3) is 0 Å². The number of amides is 2. The topological polar surface area (TPSA) is 74.2 Å². The van der Waals surface area contributed by atoms with E-state index < -0.39 is 5.60 Å². The Morgan fingerprint density at radius 3 is 2.84 bits per heavy atom. The Bertz CT molecular complexity index is 389. The second kappa shape index (κ2) is 6.86. The first-order chi connectivity index (χ1) is 9.18. The van der Waals surface area contributed by atoms with Crippen molar-refractivity contribution >= 4 is 17.4 Å². The predicted molar refractivity (Wildman–Crippen MR) is 75.3 cm³/mol. The molecule has 2 rings (SSSR count). The standard InChI is InChI=1S/C13H21N3O2S/c17-12(14-7-4-11-8-19-10-16-11)15-9-13(18)5-2-1-3-6-13/h8,10,18H,1-7,9H2,(H2,14,15,17). The van der Waals surface area contributed by atoms with Crippen LogP contribution in [0.15, 0.2) is 10.9 Å². The van der Waals surface area contributed by atoms with Gasteiger partial charge in [0.2, 0.25) is 0 Å². The zero-order valence-corrected chi connectivity index (χ0v) is 11.8. The second-order valence-corrected chi connectivity index (χ2v) is 5.84. The fraction of sp³-hybridized carbons (Fsp3) is 0.692. The molecule has 1 heterocycles. The van der Waals surface area contributed by atoms with Crippen LogP contribution in [0.2, 0.25) is 0 Å². The van der Waals surface area contributed by atoms with Crippen LogP contribution in [-0.4, -0.2) is 34.8 Å². The minimum atomic E-state index is -0.704. The number of hydrogen-bond donors (Lipinski definition) is 3. The van der Waals surface area contributed by atoms with Crippen molar-refractivity contribution in [1.82, 2.24) is 15.6 Å². The van der Waals surface area contributed by atoms with Gasteiger partial charge in [-0.25, -0.2) is 9.78 Å². The molecule has 1 aliphatic carbocycles. The van der Waals surface area contributed by atoms with Crippen molar-refractivity contribution in [2.45, 2.75) is 44.1 Å². The van der Waals surface area contributed by atoms with Crippen molar-refractivity contribution < 1.29 is 9.90 Å². The van der Waals surface area contributed by atoms with E-state index in [1.54, 1.807) is 16.8 Å². The number of nitrogens with zero attached hydrogens (tertiary/aromatic N) is 1. The summed E-state index contributed by atoms with van der Waals surface area (Å²) in [6.07, 6.45) is 5.58. The van der Waals surface area contributed by atoms with E-state index in [4.69, 9.17) is 0 Å². The van der Waals surface area contributed by atoms with Gasteiger partial charge < -0.3 is 15.7 Å². The maximum Gasteiger partial charge on any atom is 0.314 e. The van der Waals surface area contributed by atoms with E-state index in [2.05, 4.69) is 15.6 Å². The zero-order chi connectivity index (χ0) is 13.6. The van der Waals surface area contributed by atoms with Gasteiger partial charge in [-0.3, -0.25) is 0 Å². The summed E-state index contributed by atoms with van der Waals surface area (Å²) < 4.78 is 0. The first kappa shape index (κ1) is 14.3. The molecule has 106 valence electrons. The molecule has 1 saturated carbocycles. The van der Waals surface area contributed by atoms with Crippen LogP contribution in [0, 0.1) is 0 Å². The molecule has 0 aliphatic heterocycles. The van der Waals surface area contributed by atoms with E-state index >= 15 is 0 Å². The molecule has 1 aliphatic rings. The van der Waals surface area contributed by atoms with Crippen molar-refractivity contribution in [3.8, 4) is 0 Å². The molecule has 3 N–H and O–H groups in total. The molecule has 1 aromatic heterocycles. The van der Waals surface area contributed by atoms with Gasteiger partial charge >= 0.3 is 6.03 Å². The molecule has 0 spiro atoms. The highest BCUT2D eigenvalue weighted by Crippen LogP contribution is 2.27. The molecule has 5 nitrogen and oxygen atoms in total. The highest BCUT2D eigenvalue weighted by atomic mass is 32.1. The monoisotopic (exact) mass is 283 g/mol. The largest absolute Gasteiger partial charge is 0.388 e. The Morgan fingerprint density at radius 2 is 2.16 bits per heavy atom. The average Bonchev–Trinajstić information content (AvgIpc) is 2.91. The summed E-state index contributed by atoms with van der Waals surface area (Å²) in [5.41, 5.74) is 2.08. The zero-order valence-electron chi connectivity index (χ0n) is 11.0. The summed E-state index contributed by atoms with van der Waals surface area (Å²) in [4.78, 5) is 15.8. The van der Waals surface area contributed by atoms with Crippen molar-refractivity contribution in [3.63, 3.8) is 0 Å². The first-order valence-electron chi connectivity index (χ1n) is 6.79. The number of thiazole rings is 1. The number of urea groups is 1. The lowest BCUT2D eigenvalue weighted by molar-refractivity contribution is 0.00720. The van der Waals surface area contributed by atoms with Crippen molar-refractivity contribution in [2.24, 2.45) is 0 Å². The normalized spacial score (nSPS) is 17.9. The van der Waals surface area contributed by atoms with Crippen molar-refractivity contribution in [3.05, 3.63) is 16.6 Å². The lowest BCUT2D eigenvalue weighted by Crippen LogP contribution is -2.47. The van der Waals surface area contributed by atoms with E-state index in [9.17, 15) is 9.90 Å². The van der Waals surface area contributed by atoms with E-state index in [0.717, 1.165) is 37.8 Å². The molecule has 0 unspecified atom stereocenters. The van der Waals surface area contributed by atoms with Crippen LogP contribution in [-0.2, 0) is 6.42 Å². The molecule has 1 fully saturated rings. The third kappa shape index (κ3) is 4.80. The fourth-order valence-corrected chi connectivity index (χ4v) is 2.95. The number of nitrogens with one attached hydrogen (secondary N) is 2. The Hall–Kier alpha value is -1.14. The Balaban J connectivity index is 1.61. The molecule has 0 atom stereocenters. The molecule has 0 aromatic carbocycles. The quantitative estimate of drug-likeness (QED) is 0.769. The van der Waals surface area contributed by atoms with E-state index in [0.29, 0.717) is 13.1 Å². The average molecular weight is 283 g/mol. The summed E-state index contributed by atoms with van der Waals surface area (Å²) in [5, 5.41) is 17.8. The Labute approximate surface area is 117 Å². The maximum absolute atomic E-state index is 11.6. The minimum Gasteiger partial charge on any atom is -0.388 e. The van der Waals surface area contributed by atoms with Gasteiger partial charge in [0.1, 0.15) is 0 Å².